The first-order chi connectivity index (χ1) is 10.9. The van der Waals surface area contributed by atoms with E-state index in [0.29, 0.717) is 17.4 Å². The van der Waals surface area contributed by atoms with Crippen LogP contribution in [0.1, 0.15) is 31.5 Å². The fourth-order valence-corrected chi connectivity index (χ4v) is 3.66. The Morgan fingerprint density at radius 2 is 2.09 bits per heavy atom. The van der Waals surface area contributed by atoms with Gasteiger partial charge in [0.2, 0.25) is 10.0 Å². The minimum absolute atomic E-state index is 0.0953. The van der Waals surface area contributed by atoms with Gasteiger partial charge in [0, 0.05) is 14.1 Å². The third-order valence-electron chi connectivity index (χ3n) is 4.24. The molecule has 8 nitrogen and oxygen atoms in total. The summed E-state index contributed by atoms with van der Waals surface area (Å²) in [6.45, 7) is 0.0953. The van der Waals surface area contributed by atoms with Gasteiger partial charge < -0.3 is 4.90 Å². The summed E-state index contributed by atoms with van der Waals surface area (Å²) in [5, 5.41) is 12.5. The van der Waals surface area contributed by atoms with Gasteiger partial charge in [-0.15, -0.1) is 15.3 Å². The van der Waals surface area contributed by atoms with Crippen molar-refractivity contribution < 1.29 is 8.42 Å². The summed E-state index contributed by atoms with van der Waals surface area (Å²) < 4.78 is 28.3. The molecule has 0 amide bonds. The molecule has 1 aliphatic carbocycles. The second-order valence-electron chi connectivity index (χ2n) is 6.20. The Hall–Kier alpha value is -1.74. The maximum Gasteiger partial charge on any atom is 0.212 e. The van der Waals surface area contributed by atoms with E-state index < -0.39 is 10.0 Å². The smallest absolute Gasteiger partial charge is 0.212 e. The molecular weight excluding hydrogens is 316 g/mol. The molecule has 1 aliphatic rings. The number of nitrogens with zero attached hydrogens (tertiary/aromatic N) is 5. The van der Waals surface area contributed by atoms with Crippen molar-refractivity contribution in [2.24, 2.45) is 5.92 Å². The molecule has 0 aliphatic heterocycles. The first kappa shape index (κ1) is 16.1. The molecule has 2 aromatic rings. The van der Waals surface area contributed by atoms with Gasteiger partial charge in [-0.1, -0.05) is 19.3 Å². The van der Waals surface area contributed by atoms with Crippen LogP contribution in [-0.2, 0) is 16.6 Å². The molecule has 0 radical (unpaired) electrons. The summed E-state index contributed by atoms with van der Waals surface area (Å²) in [7, 11) is 0.487. The Labute approximate surface area is 135 Å². The highest BCUT2D eigenvalue weighted by molar-refractivity contribution is 7.89. The Bertz CT molecular complexity index is 782. The van der Waals surface area contributed by atoms with Gasteiger partial charge in [0.05, 0.1) is 12.3 Å². The number of hydrogen-bond donors (Lipinski definition) is 1. The first-order valence-corrected chi connectivity index (χ1v) is 9.46. The van der Waals surface area contributed by atoms with Crippen LogP contribution in [0.5, 0.6) is 0 Å². The third kappa shape index (κ3) is 3.78. The highest BCUT2D eigenvalue weighted by atomic mass is 32.2. The van der Waals surface area contributed by atoms with E-state index in [1.807, 2.05) is 31.1 Å². The second kappa shape index (κ2) is 6.40. The largest absolute Gasteiger partial charge is 0.361 e. The van der Waals surface area contributed by atoms with Crippen LogP contribution in [0.3, 0.4) is 0 Å². The number of fused-ring (bicyclic) bond motifs is 1. The van der Waals surface area contributed by atoms with Gasteiger partial charge in [-0.3, -0.25) is 0 Å². The predicted octanol–water partition coefficient (Wildman–Crippen LogP) is 0.800. The van der Waals surface area contributed by atoms with Gasteiger partial charge in [-0.25, -0.2) is 13.1 Å². The predicted molar refractivity (Wildman–Crippen MR) is 87.7 cm³/mol. The molecule has 0 atom stereocenters. The highest BCUT2D eigenvalue weighted by Gasteiger charge is 2.21. The van der Waals surface area contributed by atoms with E-state index in [1.54, 1.807) is 4.52 Å². The minimum atomic E-state index is -3.29. The number of sulfonamides is 1. The minimum Gasteiger partial charge on any atom is -0.361 e. The van der Waals surface area contributed by atoms with E-state index in [-0.39, 0.29) is 12.3 Å². The zero-order valence-electron chi connectivity index (χ0n) is 13.4. The number of anilines is 1. The van der Waals surface area contributed by atoms with Gasteiger partial charge >= 0.3 is 0 Å². The molecule has 126 valence electrons. The van der Waals surface area contributed by atoms with Crippen molar-refractivity contribution in [1.29, 1.82) is 0 Å². The number of aromatic nitrogens is 4. The van der Waals surface area contributed by atoms with Crippen LogP contribution >= 0.6 is 0 Å². The molecule has 0 bridgehead atoms. The third-order valence-corrected chi connectivity index (χ3v) is 5.60. The van der Waals surface area contributed by atoms with E-state index in [2.05, 4.69) is 20.0 Å². The lowest BCUT2D eigenvalue weighted by atomic mass is 9.84. The molecule has 1 fully saturated rings. The molecule has 1 saturated carbocycles. The fraction of sp³-hybridized carbons (Fsp3) is 0.643. The second-order valence-corrected chi connectivity index (χ2v) is 8.12. The van der Waals surface area contributed by atoms with Crippen LogP contribution in [-0.4, -0.2) is 48.1 Å². The Balaban J connectivity index is 1.67. The molecule has 2 heterocycles. The summed E-state index contributed by atoms with van der Waals surface area (Å²) in [5.74, 6) is 1.98. The zero-order chi connectivity index (χ0) is 16.4. The molecule has 2 aromatic heterocycles. The standard InChI is InChI=1S/C14H22N6O2S/c1-19(2)13-7-6-12-16-17-14(20(12)18-13)10-15-23(21,22)9-8-11-4-3-5-11/h6-7,11,15H,3-5,8-10H2,1-2H3. The van der Waals surface area contributed by atoms with Crippen LogP contribution in [0.25, 0.3) is 5.65 Å². The quantitative estimate of drug-likeness (QED) is 0.803. The van der Waals surface area contributed by atoms with Crippen LogP contribution in [0.2, 0.25) is 0 Å². The lowest BCUT2D eigenvalue weighted by molar-refractivity contribution is 0.307. The Morgan fingerprint density at radius 1 is 1.30 bits per heavy atom. The summed E-state index contributed by atoms with van der Waals surface area (Å²) in [5.41, 5.74) is 0.597. The molecule has 0 aromatic carbocycles. The summed E-state index contributed by atoms with van der Waals surface area (Å²) >= 11 is 0. The molecular formula is C14H22N6O2S. The first-order valence-electron chi connectivity index (χ1n) is 7.80. The Morgan fingerprint density at radius 3 is 2.74 bits per heavy atom. The summed E-state index contributed by atoms with van der Waals surface area (Å²) in [6, 6.07) is 3.65. The lowest BCUT2D eigenvalue weighted by Crippen LogP contribution is -2.29. The van der Waals surface area contributed by atoms with Gasteiger partial charge in [0.15, 0.2) is 11.5 Å². The number of hydrogen-bond acceptors (Lipinski definition) is 6. The summed E-state index contributed by atoms with van der Waals surface area (Å²) in [4.78, 5) is 1.87. The molecule has 3 rings (SSSR count). The molecule has 0 saturated heterocycles. The topological polar surface area (TPSA) is 92.5 Å². The van der Waals surface area contributed by atoms with E-state index in [4.69, 9.17) is 0 Å². The average molecular weight is 338 g/mol. The van der Waals surface area contributed by atoms with Crippen LogP contribution < -0.4 is 9.62 Å². The zero-order valence-corrected chi connectivity index (χ0v) is 14.3. The number of rotatable bonds is 7. The fourth-order valence-electron chi connectivity index (χ4n) is 2.52. The van der Waals surface area contributed by atoms with Gasteiger partial charge in [-0.05, 0) is 24.5 Å². The van der Waals surface area contributed by atoms with Crippen LogP contribution in [0, 0.1) is 5.92 Å². The van der Waals surface area contributed by atoms with E-state index in [9.17, 15) is 8.42 Å². The maximum absolute atomic E-state index is 12.1. The molecule has 1 N–H and O–H groups in total. The maximum atomic E-state index is 12.1. The lowest BCUT2D eigenvalue weighted by Gasteiger charge is -2.24. The summed E-state index contributed by atoms with van der Waals surface area (Å²) in [6.07, 6.45) is 4.27. The normalized spacial score (nSPS) is 15.7. The molecule has 23 heavy (non-hydrogen) atoms. The van der Waals surface area contributed by atoms with Crippen molar-refractivity contribution in [2.75, 3.05) is 24.7 Å². The molecule has 0 unspecified atom stereocenters. The Kier molecular flexibility index (Phi) is 4.49. The van der Waals surface area contributed by atoms with E-state index in [1.165, 1.54) is 6.42 Å². The molecule has 9 heteroatoms. The highest BCUT2D eigenvalue weighted by Crippen LogP contribution is 2.29. The van der Waals surface area contributed by atoms with Crippen molar-refractivity contribution in [1.82, 2.24) is 24.5 Å². The van der Waals surface area contributed by atoms with Crippen molar-refractivity contribution in [3.8, 4) is 0 Å². The van der Waals surface area contributed by atoms with Crippen LogP contribution in [0.15, 0.2) is 12.1 Å². The van der Waals surface area contributed by atoms with E-state index in [0.717, 1.165) is 25.1 Å². The van der Waals surface area contributed by atoms with E-state index >= 15 is 0 Å². The van der Waals surface area contributed by atoms with Crippen molar-refractivity contribution >= 4 is 21.5 Å². The van der Waals surface area contributed by atoms with Crippen molar-refractivity contribution in [2.45, 2.75) is 32.2 Å². The molecule has 0 spiro atoms. The van der Waals surface area contributed by atoms with Gasteiger partial charge in [-0.2, -0.15) is 4.52 Å². The number of nitrogens with one attached hydrogen (secondary N) is 1. The van der Waals surface area contributed by atoms with Gasteiger partial charge in [0.25, 0.3) is 0 Å². The monoisotopic (exact) mass is 338 g/mol. The van der Waals surface area contributed by atoms with Gasteiger partial charge in [0.1, 0.15) is 5.82 Å². The van der Waals surface area contributed by atoms with Crippen molar-refractivity contribution in [3.05, 3.63) is 18.0 Å². The van der Waals surface area contributed by atoms with Crippen molar-refractivity contribution in [3.63, 3.8) is 0 Å². The average Bonchev–Trinajstić information content (AvgIpc) is 2.85. The van der Waals surface area contributed by atoms with Crippen LogP contribution in [0.4, 0.5) is 5.82 Å². The SMILES string of the molecule is CN(C)c1ccc2nnc(CNS(=O)(=O)CCC3CCC3)n2n1.